The number of para-hydroxylation sites is 2. The van der Waals surface area contributed by atoms with Crippen LogP contribution in [-0.4, -0.2) is 15.9 Å². The van der Waals surface area contributed by atoms with Crippen LogP contribution in [0.2, 0.25) is 5.02 Å². The first kappa shape index (κ1) is 15.5. The Bertz CT molecular complexity index is 1120. The predicted molar refractivity (Wildman–Crippen MR) is 101 cm³/mol. The van der Waals surface area contributed by atoms with Gasteiger partial charge < -0.3 is 5.32 Å². The van der Waals surface area contributed by atoms with E-state index in [1.54, 1.807) is 24.4 Å². The van der Waals surface area contributed by atoms with Crippen molar-refractivity contribution in [2.75, 3.05) is 5.32 Å². The van der Waals surface area contributed by atoms with Crippen molar-refractivity contribution in [1.29, 1.82) is 0 Å². The van der Waals surface area contributed by atoms with Crippen molar-refractivity contribution < 1.29 is 4.79 Å². The molecule has 0 fully saturated rings. The van der Waals surface area contributed by atoms with Crippen molar-refractivity contribution in [3.63, 3.8) is 0 Å². The molecule has 4 rings (SSSR count). The highest BCUT2D eigenvalue weighted by Gasteiger charge is 2.14. The summed E-state index contributed by atoms with van der Waals surface area (Å²) in [5, 5.41) is 5.16. The third-order valence-corrected chi connectivity index (χ3v) is 4.36. The van der Waals surface area contributed by atoms with E-state index in [1.807, 2.05) is 43.3 Å². The molecule has 1 amide bonds. The molecule has 2 heterocycles. The summed E-state index contributed by atoms with van der Waals surface area (Å²) < 4.78 is 0. The molecule has 4 nitrogen and oxygen atoms in total. The number of halogens is 1. The van der Waals surface area contributed by atoms with Gasteiger partial charge in [0.2, 0.25) is 0 Å². The number of carbonyl (C=O) groups excluding carboxylic acids is 1. The van der Waals surface area contributed by atoms with Gasteiger partial charge in [-0.05, 0) is 31.2 Å². The summed E-state index contributed by atoms with van der Waals surface area (Å²) in [6, 6.07) is 16.7. The topological polar surface area (TPSA) is 54.9 Å². The van der Waals surface area contributed by atoms with E-state index in [2.05, 4.69) is 15.3 Å². The summed E-state index contributed by atoms with van der Waals surface area (Å²) in [7, 11) is 0. The molecule has 0 saturated heterocycles. The van der Waals surface area contributed by atoms with Gasteiger partial charge in [-0.15, -0.1) is 0 Å². The maximum absolute atomic E-state index is 12.9. The van der Waals surface area contributed by atoms with Crippen molar-refractivity contribution in [2.24, 2.45) is 0 Å². The van der Waals surface area contributed by atoms with Crippen LogP contribution >= 0.6 is 11.6 Å². The number of pyridine rings is 2. The molecule has 0 atom stereocenters. The van der Waals surface area contributed by atoms with Crippen LogP contribution in [0.1, 0.15) is 16.1 Å². The predicted octanol–water partition coefficient (Wildman–Crippen LogP) is 5.00. The lowest BCUT2D eigenvalue weighted by atomic mass is 10.1. The van der Waals surface area contributed by atoms with Gasteiger partial charge in [0.1, 0.15) is 0 Å². The fraction of sp³-hybridized carbons (Fsp3) is 0.0500. The van der Waals surface area contributed by atoms with Gasteiger partial charge in [-0.2, -0.15) is 0 Å². The maximum Gasteiger partial charge on any atom is 0.256 e. The molecule has 0 spiro atoms. The Labute approximate surface area is 149 Å². The monoisotopic (exact) mass is 347 g/mol. The Morgan fingerprint density at radius 1 is 1.04 bits per heavy atom. The highest BCUT2D eigenvalue weighted by atomic mass is 35.5. The molecule has 1 N–H and O–H groups in total. The molecule has 0 radical (unpaired) electrons. The zero-order valence-electron chi connectivity index (χ0n) is 13.5. The number of amides is 1. The average molecular weight is 348 g/mol. The fourth-order valence-electron chi connectivity index (χ4n) is 2.93. The summed E-state index contributed by atoms with van der Waals surface area (Å²) in [6.45, 7) is 1.88. The summed E-state index contributed by atoms with van der Waals surface area (Å²) in [5.74, 6) is -0.186. The van der Waals surface area contributed by atoms with Crippen LogP contribution in [0.15, 0.2) is 60.8 Å². The standard InChI is InChI=1S/C20H14ClN3O/c1-12-11-15(13-5-2-3-8-17(13)23-12)20(25)24-18-9-10-22-19-14(18)6-4-7-16(19)21/h2-11H,1H3,(H,22,24,25). The summed E-state index contributed by atoms with van der Waals surface area (Å²) in [5.41, 5.74) is 3.53. The Morgan fingerprint density at radius 2 is 1.84 bits per heavy atom. The minimum Gasteiger partial charge on any atom is -0.321 e. The largest absolute Gasteiger partial charge is 0.321 e. The van der Waals surface area contributed by atoms with Crippen LogP contribution in [0.25, 0.3) is 21.8 Å². The lowest BCUT2D eigenvalue weighted by Gasteiger charge is -2.11. The van der Waals surface area contributed by atoms with Gasteiger partial charge in [0, 0.05) is 22.7 Å². The lowest BCUT2D eigenvalue weighted by molar-refractivity contribution is 0.102. The maximum atomic E-state index is 12.9. The molecule has 0 aliphatic rings. The first-order valence-electron chi connectivity index (χ1n) is 7.84. The quantitative estimate of drug-likeness (QED) is 0.555. The van der Waals surface area contributed by atoms with E-state index < -0.39 is 0 Å². The first-order chi connectivity index (χ1) is 12.1. The first-order valence-corrected chi connectivity index (χ1v) is 8.22. The molecule has 25 heavy (non-hydrogen) atoms. The van der Waals surface area contributed by atoms with Gasteiger partial charge in [-0.1, -0.05) is 41.9 Å². The molecule has 4 aromatic rings. The smallest absolute Gasteiger partial charge is 0.256 e. The minimum absolute atomic E-state index is 0.186. The van der Waals surface area contributed by atoms with Crippen LogP contribution in [0.5, 0.6) is 0 Å². The SMILES string of the molecule is Cc1cc(C(=O)Nc2ccnc3c(Cl)cccc23)c2ccccc2n1. The van der Waals surface area contributed by atoms with Gasteiger partial charge in [0.15, 0.2) is 0 Å². The third kappa shape index (κ3) is 2.81. The zero-order valence-corrected chi connectivity index (χ0v) is 14.2. The second-order valence-electron chi connectivity index (χ2n) is 5.78. The molecule has 0 unspecified atom stereocenters. The van der Waals surface area contributed by atoms with Crippen molar-refractivity contribution in [1.82, 2.24) is 9.97 Å². The molecule has 0 aliphatic heterocycles. The number of anilines is 1. The fourth-order valence-corrected chi connectivity index (χ4v) is 3.16. The average Bonchev–Trinajstić information content (AvgIpc) is 2.62. The molecule has 5 heteroatoms. The minimum atomic E-state index is -0.186. The molecule has 122 valence electrons. The number of nitrogens with zero attached hydrogens (tertiary/aromatic N) is 2. The molecule has 0 saturated carbocycles. The number of fused-ring (bicyclic) bond motifs is 2. The molecule has 2 aromatic carbocycles. The van der Waals surface area contributed by atoms with Gasteiger partial charge in [-0.3, -0.25) is 14.8 Å². The van der Waals surface area contributed by atoms with Crippen LogP contribution in [0.3, 0.4) is 0 Å². The van der Waals surface area contributed by atoms with Crippen LogP contribution in [0, 0.1) is 6.92 Å². The van der Waals surface area contributed by atoms with Crippen molar-refractivity contribution in [3.8, 4) is 0 Å². The molecular weight excluding hydrogens is 334 g/mol. The zero-order chi connectivity index (χ0) is 17.4. The Morgan fingerprint density at radius 3 is 2.72 bits per heavy atom. The highest BCUT2D eigenvalue weighted by Crippen LogP contribution is 2.28. The number of nitrogens with one attached hydrogen (secondary N) is 1. The second-order valence-corrected chi connectivity index (χ2v) is 6.18. The molecule has 0 bridgehead atoms. The summed E-state index contributed by atoms with van der Waals surface area (Å²) >= 11 is 6.20. The van der Waals surface area contributed by atoms with Crippen molar-refractivity contribution in [2.45, 2.75) is 6.92 Å². The summed E-state index contributed by atoms with van der Waals surface area (Å²) in [4.78, 5) is 21.7. The number of rotatable bonds is 2. The van der Waals surface area contributed by atoms with Crippen LogP contribution in [-0.2, 0) is 0 Å². The normalized spacial score (nSPS) is 11.0. The van der Waals surface area contributed by atoms with E-state index >= 15 is 0 Å². The van der Waals surface area contributed by atoms with Gasteiger partial charge in [0.05, 0.1) is 27.3 Å². The van der Waals surface area contributed by atoms with E-state index in [9.17, 15) is 4.79 Å². The van der Waals surface area contributed by atoms with E-state index in [1.165, 1.54) is 0 Å². The molecule has 2 aromatic heterocycles. The van der Waals surface area contributed by atoms with Gasteiger partial charge in [-0.25, -0.2) is 0 Å². The highest BCUT2D eigenvalue weighted by molar-refractivity contribution is 6.35. The number of hydrogen-bond donors (Lipinski definition) is 1. The van der Waals surface area contributed by atoms with Crippen molar-refractivity contribution in [3.05, 3.63) is 77.1 Å². The third-order valence-electron chi connectivity index (χ3n) is 4.06. The Kier molecular flexibility index (Phi) is 3.82. The van der Waals surface area contributed by atoms with E-state index in [0.717, 1.165) is 22.0 Å². The van der Waals surface area contributed by atoms with E-state index in [0.29, 0.717) is 21.8 Å². The van der Waals surface area contributed by atoms with E-state index in [-0.39, 0.29) is 5.91 Å². The van der Waals surface area contributed by atoms with Crippen LogP contribution in [0.4, 0.5) is 5.69 Å². The molecular formula is C20H14ClN3O. The number of aryl methyl sites for hydroxylation is 1. The van der Waals surface area contributed by atoms with Gasteiger partial charge >= 0.3 is 0 Å². The second kappa shape index (κ2) is 6.15. The number of benzene rings is 2. The Balaban J connectivity index is 1.81. The van der Waals surface area contributed by atoms with Gasteiger partial charge in [0.25, 0.3) is 5.91 Å². The van der Waals surface area contributed by atoms with E-state index in [4.69, 9.17) is 11.6 Å². The molecule has 0 aliphatic carbocycles. The number of aromatic nitrogens is 2. The number of carbonyl (C=O) groups is 1. The van der Waals surface area contributed by atoms with Crippen LogP contribution < -0.4 is 5.32 Å². The Hall–Kier alpha value is -2.98. The summed E-state index contributed by atoms with van der Waals surface area (Å²) in [6.07, 6.45) is 1.64. The van der Waals surface area contributed by atoms with Crippen molar-refractivity contribution >= 4 is 45.0 Å². The lowest BCUT2D eigenvalue weighted by Crippen LogP contribution is -2.13. The number of hydrogen-bond acceptors (Lipinski definition) is 3.